The van der Waals surface area contributed by atoms with E-state index in [-0.39, 0.29) is 0 Å². The summed E-state index contributed by atoms with van der Waals surface area (Å²) in [6.45, 7) is 4.86. The summed E-state index contributed by atoms with van der Waals surface area (Å²) in [5, 5.41) is 1.27. The first-order valence-corrected chi connectivity index (χ1v) is 8.11. The van der Waals surface area contributed by atoms with Gasteiger partial charge in [-0.15, -0.1) is 0 Å². The Morgan fingerprint density at radius 2 is 2.25 bits per heavy atom. The van der Waals surface area contributed by atoms with Crippen LogP contribution in [0.2, 0.25) is 0 Å². The molecule has 0 amide bonds. The quantitative estimate of drug-likeness (QED) is 0.806. The van der Waals surface area contributed by atoms with Crippen molar-refractivity contribution in [2.45, 2.75) is 51.0 Å². The highest BCUT2D eigenvalue weighted by molar-refractivity contribution is 5.79. The van der Waals surface area contributed by atoms with Crippen molar-refractivity contribution in [3.05, 3.63) is 35.6 Å². The van der Waals surface area contributed by atoms with Crippen LogP contribution in [0.15, 0.2) is 28.9 Å². The Balaban J connectivity index is 1.74. The summed E-state index contributed by atoms with van der Waals surface area (Å²) in [5.41, 5.74) is 4.21. The van der Waals surface area contributed by atoms with E-state index in [9.17, 15) is 0 Å². The number of hydrogen-bond donors (Lipinski definition) is 0. The number of aryl methyl sites for hydroxylation is 1. The van der Waals surface area contributed by atoms with E-state index in [1.807, 2.05) is 6.26 Å². The van der Waals surface area contributed by atoms with Crippen molar-refractivity contribution < 1.29 is 4.42 Å². The number of piperidine rings is 1. The molecule has 0 bridgehead atoms. The fraction of sp³-hybridized carbons (Fsp3) is 0.556. The average Bonchev–Trinajstić information content (AvgIpc) is 2.92. The first kappa shape index (κ1) is 12.5. The second kappa shape index (κ2) is 4.92. The van der Waals surface area contributed by atoms with Crippen molar-refractivity contribution >= 4 is 11.0 Å². The predicted molar refractivity (Wildman–Crippen MR) is 82.2 cm³/mol. The van der Waals surface area contributed by atoms with Gasteiger partial charge in [0.2, 0.25) is 0 Å². The SMILES string of the molecule is CCCN1CCCC2c3cc4occc4cc3CCC21. The summed E-state index contributed by atoms with van der Waals surface area (Å²) in [4.78, 5) is 2.74. The van der Waals surface area contributed by atoms with Crippen LogP contribution in [0.25, 0.3) is 11.0 Å². The molecule has 106 valence electrons. The lowest BCUT2D eigenvalue weighted by molar-refractivity contribution is 0.113. The smallest absolute Gasteiger partial charge is 0.134 e. The summed E-state index contributed by atoms with van der Waals surface area (Å²) in [7, 11) is 0. The molecular weight excluding hydrogens is 246 g/mol. The lowest BCUT2D eigenvalue weighted by Gasteiger charge is -2.45. The molecule has 1 aromatic carbocycles. The van der Waals surface area contributed by atoms with Gasteiger partial charge in [-0.2, -0.15) is 0 Å². The third kappa shape index (κ3) is 1.89. The largest absolute Gasteiger partial charge is 0.464 e. The van der Waals surface area contributed by atoms with Gasteiger partial charge in [-0.05, 0) is 80.4 Å². The summed E-state index contributed by atoms with van der Waals surface area (Å²) >= 11 is 0. The topological polar surface area (TPSA) is 16.4 Å². The molecule has 0 saturated carbocycles. The molecule has 2 unspecified atom stereocenters. The van der Waals surface area contributed by atoms with Crippen LogP contribution < -0.4 is 0 Å². The van der Waals surface area contributed by atoms with Crippen LogP contribution in [0.3, 0.4) is 0 Å². The number of furan rings is 1. The predicted octanol–water partition coefficient (Wildman–Crippen LogP) is 4.34. The highest BCUT2D eigenvalue weighted by Crippen LogP contribution is 2.42. The van der Waals surface area contributed by atoms with Crippen molar-refractivity contribution in [2.75, 3.05) is 13.1 Å². The lowest BCUT2D eigenvalue weighted by atomic mass is 9.74. The van der Waals surface area contributed by atoms with Crippen LogP contribution >= 0.6 is 0 Å². The van der Waals surface area contributed by atoms with E-state index < -0.39 is 0 Å². The van der Waals surface area contributed by atoms with Gasteiger partial charge in [-0.25, -0.2) is 0 Å². The number of likely N-dealkylation sites (tertiary alicyclic amines) is 1. The average molecular weight is 269 g/mol. The fourth-order valence-electron chi connectivity index (χ4n) is 4.38. The normalized spacial score (nSPS) is 26.4. The molecule has 2 aliphatic rings. The molecule has 0 radical (unpaired) electrons. The molecule has 20 heavy (non-hydrogen) atoms. The Bertz CT molecular complexity index is 613. The zero-order valence-corrected chi connectivity index (χ0v) is 12.3. The molecule has 1 aliphatic heterocycles. The number of rotatable bonds is 2. The monoisotopic (exact) mass is 269 g/mol. The highest BCUT2D eigenvalue weighted by atomic mass is 16.3. The third-order valence-corrected chi connectivity index (χ3v) is 5.23. The summed E-state index contributed by atoms with van der Waals surface area (Å²) < 4.78 is 5.62. The standard InChI is InChI=1S/C18H23NO/c1-2-8-19-9-3-4-15-16-12-18-14(7-10-20-18)11-13(16)5-6-17(15)19/h7,10-12,15,17H,2-6,8-9H2,1H3. The van der Waals surface area contributed by atoms with Gasteiger partial charge in [0.1, 0.15) is 5.58 Å². The highest BCUT2D eigenvalue weighted by Gasteiger charge is 2.36. The number of hydrogen-bond acceptors (Lipinski definition) is 2. The minimum absolute atomic E-state index is 0.730. The van der Waals surface area contributed by atoms with Gasteiger partial charge in [0.05, 0.1) is 6.26 Å². The van der Waals surface area contributed by atoms with Crippen molar-refractivity contribution in [1.82, 2.24) is 4.90 Å². The maximum Gasteiger partial charge on any atom is 0.134 e. The Morgan fingerprint density at radius 3 is 3.15 bits per heavy atom. The van der Waals surface area contributed by atoms with Crippen LogP contribution in [-0.2, 0) is 6.42 Å². The second-order valence-electron chi connectivity index (χ2n) is 6.40. The van der Waals surface area contributed by atoms with Gasteiger partial charge < -0.3 is 4.42 Å². The van der Waals surface area contributed by atoms with E-state index in [4.69, 9.17) is 4.42 Å². The molecule has 2 aromatic rings. The lowest BCUT2D eigenvalue weighted by Crippen LogP contribution is -2.46. The molecule has 1 aliphatic carbocycles. The third-order valence-electron chi connectivity index (χ3n) is 5.23. The van der Waals surface area contributed by atoms with Crippen molar-refractivity contribution in [3.63, 3.8) is 0 Å². The second-order valence-corrected chi connectivity index (χ2v) is 6.40. The minimum Gasteiger partial charge on any atom is -0.464 e. The van der Waals surface area contributed by atoms with Crippen molar-refractivity contribution in [1.29, 1.82) is 0 Å². The Labute approximate surface area is 120 Å². The number of fused-ring (bicyclic) bond motifs is 4. The van der Waals surface area contributed by atoms with E-state index in [0.29, 0.717) is 0 Å². The van der Waals surface area contributed by atoms with E-state index in [1.165, 1.54) is 50.6 Å². The van der Waals surface area contributed by atoms with Crippen LogP contribution in [-0.4, -0.2) is 24.0 Å². The zero-order chi connectivity index (χ0) is 13.5. The van der Waals surface area contributed by atoms with Crippen LogP contribution in [0, 0.1) is 0 Å². The maximum absolute atomic E-state index is 5.62. The zero-order valence-electron chi connectivity index (χ0n) is 12.3. The van der Waals surface area contributed by atoms with Crippen molar-refractivity contribution in [3.8, 4) is 0 Å². The van der Waals surface area contributed by atoms with Crippen LogP contribution in [0.1, 0.15) is 49.7 Å². The Kier molecular flexibility index (Phi) is 3.07. The molecule has 4 rings (SSSR count). The van der Waals surface area contributed by atoms with Gasteiger partial charge in [-0.3, -0.25) is 4.90 Å². The molecule has 2 heteroatoms. The van der Waals surface area contributed by atoms with E-state index in [0.717, 1.165) is 17.5 Å². The summed E-state index contributed by atoms with van der Waals surface area (Å²) in [5.74, 6) is 0.730. The number of nitrogens with zero attached hydrogens (tertiary/aromatic N) is 1. The van der Waals surface area contributed by atoms with E-state index in [1.54, 1.807) is 11.1 Å². The first-order chi connectivity index (χ1) is 9.86. The molecule has 1 aromatic heterocycles. The van der Waals surface area contributed by atoms with Gasteiger partial charge in [-0.1, -0.05) is 6.92 Å². The van der Waals surface area contributed by atoms with E-state index in [2.05, 4.69) is 30.0 Å². The summed E-state index contributed by atoms with van der Waals surface area (Å²) in [6.07, 6.45) is 8.35. The van der Waals surface area contributed by atoms with Gasteiger partial charge in [0.15, 0.2) is 0 Å². The summed E-state index contributed by atoms with van der Waals surface area (Å²) in [6, 6.07) is 7.55. The van der Waals surface area contributed by atoms with Gasteiger partial charge >= 0.3 is 0 Å². The van der Waals surface area contributed by atoms with Gasteiger partial charge in [0.25, 0.3) is 0 Å². The Hall–Kier alpha value is -1.28. The number of benzene rings is 1. The molecule has 2 heterocycles. The molecule has 1 fully saturated rings. The van der Waals surface area contributed by atoms with Crippen molar-refractivity contribution in [2.24, 2.45) is 0 Å². The minimum atomic E-state index is 0.730. The van der Waals surface area contributed by atoms with Gasteiger partial charge in [0, 0.05) is 11.4 Å². The van der Waals surface area contributed by atoms with E-state index >= 15 is 0 Å². The molecule has 2 atom stereocenters. The Morgan fingerprint density at radius 1 is 1.30 bits per heavy atom. The van der Waals surface area contributed by atoms with Crippen LogP contribution in [0.4, 0.5) is 0 Å². The molecule has 0 N–H and O–H groups in total. The molecule has 2 nitrogen and oxygen atoms in total. The molecule has 1 saturated heterocycles. The first-order valence-electron chi connectivity index (χ1n) is 8.11. The molecule has 0 spiro atoms. The molecular formula is C18H23NO. The van der Waals surface area contributed by atoms with Crippen LogP contribution in [0.5, 0.6) is 0 Å². The maximum atomic E-state index is 5.62. The fourth-order valence-corrected chi connectivity index (χ4v) is 4.38.